The molecule has 1 aromatic rings. The largest absolute Gasteiger partial charge is 0.462 e. The Hall–Kier alpha value is -1.06. The highest BCUT2D eigenvalue weighted by atomic mass is 35.5. The standard InChI is InChI=1S/C16H23NO2.ClH/c1-3-19-15(18)13-6-4-12(5-7-13)14(17)8-9-16(2)10-11-16;/h4-7,14H,3,8-11,17H2,1-2H3;1H/t14-;/m1./s1. The second-order valence-electron chi connectivity index (χ2n) is 5.80. The van der Waals surface area contributed by atoms with E-state index in [4.69, 9.17) is 10.5 Å². The fourth-order valence-electron chi connectivity index (χ4n) is 2.21. The fourth-order valence-corrected chi connectivity index (χ4v) is 2.21. The van der Waals surface area contributed by atoms with Crippen molar-refractivity contribution in [3.8, 4) is 0 Å². The average molecular weight is 298 g/mol. The van der Waals surface area contributed by atoms with E-state index in [1.54, 1.807) is 19.1 Å². The van der Waals surface area contributed by atoms with Crippen molar-refractivity contribution < 1.29 is 9.53 Å². The van der Waals surface area contributed by atoms with Gasteiger partial charge in [0.05, 0.1) is 12.2 Å². The van der Waals surface area contributed by atoms with Crippen LogP contribution < -0.4 is 5.73 Å². The molecule has 0 radical (unpaired) electrons. The third kappa shape index (κ3) is 4.50. The fraction of sp³-hybridized carbons (Fsp3) is 0.562. The zero-order chi connectivity index (χ0) is 13.9. The Balaban J connectivity index is 0.00000200. The Bertz CT molecular complexity index is 440. The minimum Gasteiger partial charge on any atom is -0.462 e. The number of ether oxygens (including phenoxy) is 1. The van der Waals surface area contributed by atoms with Gasteiger partial charge in [0.1, 0.15) is 0 Å². The van der Waals surface area contributed by atoms with Crippen LogP contribution in [0.3, 0.4) is 0 Å². The third-order valence-corrected chi connectivity index (χ3v) is 4.01. The molecule has 1 aliphatic carbocycles. The normalized spacial score (nSPS) is 16.9. The molecule has 0 aliphatic heterocycles. The van der Waals surface area contributed by atoms with Crippen molar-refractivity contribution in [3.63, 3.8) is 0 Å². The number of nitrogens with two attached hydrogens (primary N) is 1. The van der Waals surface area contributed by atoms with Crippen LogP contribution >= 0.6 is 12.4 Å². The van der Waals surface area contributed by atoms with Gasteiger partial charge in [-0.1, -0.05) is 19.1 Å². The summed E-state index contributed by atoms with van der Waals surface area (Å²) in [4.78, 5) is 11.5. The minimum absolute atomic E-state index is 0. The van der Waals surface area contributed by atoms with Crippen molar-refractivity contribution >= 4 is 18.4 Å². The summed E-state index contributed by atoms with van der Waals surface area (Å²) in [5.41, 5.74) is 8.43. The van der Waals surface area contributed by atoms with E-state index in [1.807, 2.05) is 12.1 Å². The van der Waals surface area contributed by atoms with Crippen molar-refractivity contribution in [1.29, 1.82) is 0 Å². The molecule has 1 atom stereocenters. The Morgan fingerprint density at radius 1 is 1.35 bits per heavy atom. The van der Waals surface area contributed by atoms with Crippen molar-refractivity contribution in [2.75, 3.05) is 6.61 Å². The first kappa shape index (κ1) is 17.0. The molecule has 3 nitrogen and oxygen atoms in total. The zero-order valence-corrected chi connectivity index (χ0v) is 13.0. The van der Waals surface area contributed by atoms with Crippen LogP contribution in [0, 0.1) is 5.41 Å². The lowest BCUT2D eigenvalue weighted by molar-refractivity contribution is 0.0526. The first-order chi connectivity index (χ1) is 9.04. The van der Waals surface area contributed by atoms with E-state index in [1.165, 1.54) is 19.3 Å². The molecule has 1 aromatic carbocycles. The van der Waals surface area contributed by atoms with Crippen LogP contribution in [0.25, 0.3) is 0 Å². The van der Waals surface area contributed by atoms with Gasteiger partial charge in [-0.25, -0.2) is 4.79 Å². The first-order valence-corrected chi connectivity index (χ1v) is 7.07. The van der Waals surface area contributed by atoms with Crippen LogP contribution in [0.5, 0.6) is 0 Å². The van der Waals surface area contributed by atoms with Crippen molar-refractivity contribution in [2.24, 2.45) is 11.1 Å². The second kappa shape index (κ2) is 7.09. The van der Waals surface area contributed by atoms with Gasteiger partial charge in [-0.15, -0.1) is 12.4 Å². The lowest BCUT2D eigenvalue weighted by Gasteiger charge is -2.15. The summed E-state index contributed by atoms with van der Waals surface area (Å²) < 4.78 is 4.96. The number of esters is 1. The molecule has 0 saturated heterocycles. The van der Waals surface area contributed by atoms with E-state index in [2.05, 4.69) is 6.92 Å². The quantitative estimate of drug-likeness (QED) is 0.811. The van der Waals surface area contributed by atoms with Crippen LogP contribution in [0.2, 0.25) is 0 Å². The monoisotopic (exact) mass is 297 g/mol. The summed E-state index contributed by atoms with van der Waals surface area (Å²) >= 11 is 0. The first-order valence-electron chi connectivity index (χ1n) is 7.07. The summed E-state index contributed by atoms with van der Waals surface area (Å²) in [7, 11) is 0. The molecule has 0 amide bonds. The lowest BCUT2D eigenvalue weighted by atomic mass is 9.95. The van der Waals surface area contributed by atoms with Crippen LogP contribution in [-0.4, -0.2) is 12.6 Å². The number of carbonyl (C=O) groups excluding carboxylic acids is 1. The maximum absolute atomic E-state index is 11.5. The van der Waals surface area contributed by atoms with E-state index in [-0.39, 0.29) is 24.4 Å². The molecule has 112 valence electrons. The molecule has 1 aliphatic rings. The molecule has 2 rings (SSSR count). The predicted octanol–water partition coefficient (Wildman–Crippen LogP) is 3.87. The SMILES string of the molecule is CCOC(=O)c1ccc([C@H](N)CCC2(C)CC2)cc1.Cl. The van der Waals surface area contributed by atoms with Gasteiger partial charge in [-0.2, -0.15) is 0 Å². The van der Waals surface area contributed by atoms with Gasteiger partial charge >= 0.3 is 5.97 Å². The van der Waals surface area contributed by atoms with Gasteiger partial charge in [0.15, 0.2) is 0 Å². The molecular formula is C16H24ClNO2. The molecule has 0 bridgehead atoms. The molecule has 0 spiro atoms. The van der Waals surface area contributed by atoms with E-state index < -0.39 is 0 Å². The second-order valence-corrected chi connectivity index (χ2v) is 5.80. The van der Waals surface area contributed by atoms with Crippen LogP contribution in [0.1, 0.15) is 61.5 Å². The summed E-state index contributed by atoms with van der Waals surface area (Å²) in [6.07, 6.45) is 4.87. The predicted molar refractivity (Wildman–Crippen MR) is 83.1 cm³/mol. The van der Waals surface area contributed by atoms with Gasteiger partial charge < -0.3 is 10.5 Å². The number of rotatable bonds is 6. The number of hydrogen-bond donors (Lipinski definition) is 1. The summed E-state index contributed by atoms with van der Waals surface area (Å²) in [5, 5.41) is 0. The topological polar surface area (TPSA) is 52.3 Å². The highest BCUT2D eigenvalue weighted by molar-refractivity contribution is 5.89. The number of benzene rings is 1. The van der Waals surface area contributed by atoms with E-state index in [0.29, 0.717) is 17.6 Å². The van der Waals surface area contributed by atoms with Crippen LogP contribution in [-0.2, 0) is 4.74 Å². The molecule has 0 heterocycles. The van der Waals surface area contributed by atoms with Gasteiger partial charge in [-0.05, 0) is 55.7 Å². The smallest absolute Gasteiger partial charge is 0.338 e. The minimum atomic E-state index is -0.270. The van der Waals surface area contributed by atoms with E-state index >= 15 is 0 Å². The van der Waals surface area contributed by atoms with E-state index in [0.717, 1.165) is 12.0 Å². The Labute approximate surface area is 127 Å². The maximum atomic E-state index is 11.5. The Kier molecular flexibility index (Phi) is 6.03. The van der Waals surface area contributed by atoms with Crippen LogP contribution in [0.4, 0.5) is 0 Å². The number of carbonyl (C=O) groups is 1. The molecule has 0 aromatic heterocycles. The Morgan fingerprint density at radius 2 is 1.95 bits per heavy atom. The van der Waals surface area contributed by atoms with Crippen molar-refractivity contribution in [1.82, 2.24) is 0 Å². The highest BCUT2D eigenvalue weighted by Crippen LogP contribution is 2.49. The van der Waals surface area contributed by atoms with Crippen LogP contribution in [0.15, 0.2) is 24.3 Å². The van der Waals surface area contributed by atoms with Gasteiger partial charge in [-0.3, -0.25) is 0 Å². The summed E-state index contributed by atoms with van der Waals surface area (Å²) in [6, 6.07) is 7.53. The molecule has 2 N–H and O–H groups in total. The van der Waals surface area contributed by atoms with Crippen molar-refractivity contribution in [3.05, 3.63) is 35.4 Å². The molecule has 1 saturated carbocycles. The summed E-state index contributed by atoms with van der Waals surface area (Å²) in [6.45, 7) is 4.53. The van der Waals surface area contributed by atoms with Gasteiger partial charge in [0, 0.05) is 6.04 Å². The average Bonchev–Trinajstić information content (AvgIpc) is 3.15. The van der Waals surface area contributed by atoms with Gasteiger partial charge in [0.25, 0.3) is 0 Å². The third-order valence-electron chi connectivity index (χ3n) is 4.01. The summed E-state index contributed by atoms with van der Waals surface area (Å²) in [5.74, 6) is -0.270. The molecular weight excluding hydrogens is 274 g/mol. The Morgan fingerprint density at radius 3 is 2.45 bits per heavy atom. The van der Waals surface area contributed by atoms with Gasteiger partial charge in [0.2, 0.25) is 0 Å². The molecule has 20 heavy (non-hydrogen) atoms. The lowest BCUT2D eigenvalue weighted by Crippen LogP contribution is -2.12. The molecule has 1 fully saturated rings. The molecule has 4 heteroatoms. The van der Waals surface area contributed by atoms with Crippen molar-refractivity contribution in [2.45, 2.75) is 45.6 Å². The number of hydrogen-bond acceptors (Lipinski definition) is 3. The highest BCUT2D eigenvalue weighted by Gasteiger charge is 2.36. The maximum Gasteiger partial charge on any atom is 0.338 e. The van der Waals surface area contributed by atoms with E-state index in [9.17, 15) is 4.79 Å². The number of halogens is 1. The molecule has 0 unspecified atom stereocenters. The zero-order valence-electron chi connectivity index (χ0n) is 12.2.